The zero-order valence-corrected chi connectivity index (χ0v) is 15.6. The Hall–Kier alpha value is -1.65. The molecule has 4 heteroatoms. The molecule has 0 amide bonds. The van der Waals surface area contributed by atoms with Crippen LogP contribution in [0.4, 0.5) is 0 Å². The molecule has 3 rings (SSSR count). The highest BCUT2D eigenvalue weighted by Gasteiger charge is 2.22. The van der Waals surface area contributed by atoms with Gasteiger partial charge in [-0.2, -0.15) is 0 Å². The lowest BCUT2D eigenvalue weighted by Gasteiger charge is -2.27. The number of hydrogen-bond acceptors (Lipinski definition) is 3. The quantitative estimate of drug-likeness (QED) is 0.603. The Bertz CT molecular complexity index is 932. The second kappa shape index (κ2) is 6.93. The molecule has 3 aromatic rings. The van der Waals surface area contributed by atoms with Crippen LogP contribution in [-0.4, -0.2) is 29.0 Å². The van der Waals surface area contributed by atoms with E-state index in [-0.39, 0.29) is 13.2 Å². The van der Waals surface area contributed by atoms with Gasteiger partial charge in [0.25, 0.3) is 0 Å². The van der Waals surface area contributed by atoms with Crippen molar-refractivity contribution >= 4 is 33.1 Å². The van der Waals surface area contributed by atoms with Gasteiger partial charge in [0, 0.05) is 17.3 Å². The zero-order chi connectivity index (χ0) is 18.2. The largest absolute Gasteiger partial charge is 0.394 e. The summed E-state index contributed by atoms with van der Waals surface area (Å²) in [7, 11) is 0. The van der Waals surface area contributed by atoms with Gasteiger partial charge in [0.15, 0.2) is 0 Å². The molecule has 132 valence electrons. The predicted octanol–water partition coefficient (Wildman–Crippen LogP) is 4.10. The molecule has 3 aromatic carbocycles. The molecular weight excluding hydrogens is 334 g/mol. The van der Waals surface area contributed by atoms with Gasteiger partial charge in [-0.05, 0) is 54.3 Å². The van der Waals surface area contributed by atoms with Gasteiger partial charge in [-0.1, -0.05) is 41.9 Å². The monoisotopic (exact) mass is 357 g/mol. The second-order valence-corrected chi connectivity index (χ2v) is 7.43. The van der Waals surface area contributed by atoms with Crippen molar-refractivity contribution in [2.24, 2.45) is 0 Å². The minimum atomic E-state index is -0.729. The molecule has 0 unspecified atom stereocenters. The molecule has 3 N–H and O–H groups in total. The van der Waals surface area contributed by atoms with E-state index in [0.717, 1.165) is 32.1 Å². The molecule has 0 saturated heterocycles. The lowest BCUT2D eigenvalue weighted by Crippen LogP contribution is -2.48. The zero-order valence-electron chi connectivity index (χ0n) is 14.9. The highest BCUT2D eigenvalue weighted by molar-refractivity contribution is 6.41. The summed E-state index contributed by atoms with van der Waals surface area (Å²) in [4.78, 5) is 0. The van der Waals surface area contributed by atoms with Crippen molar-refractivity contribution in [3.8, 4) is 0 Å². The van der Waals surface area contributed by atoms with E-state index in [9.17, 15) is 10.2 Å². The Morgan fingerprint density at radius 1 is 0.920 bits per heavy atom. The van der Waals surface area contributed by atoms with E-state index in [1.807, 2.05) is 25.1 Å². The maximum Gasteiger partial charge on any atom is 0.0633 e. The van der Waals surface area contributed by atoms with Crippen LogP contribution in [0.25, 0.3) is 21.5 Å². The first kappa shape index (κ1) is 18.2. The first-order valence-corrected chi connectivity index (χ1v) is 8.85. The molecule has 0 atom stereocenters. The van der Waals surface area contributed by atoms with Gasteiger partial charge < -0.3 is 15.5 Å². The van der Waals surface area contributed by atoms with Gasteiger partial charge in [0.05, 0.1) is 23.8 Å². The summed E-state index contributed by atoms with van der Waals surface area (Å²) < 4.78 is 0. The normalized spacial score (nSPS) is 12.2. The molecule has 0 aliphatic carbocycles. The highest BCUT2D eigenvalue weighted by atomic mass is 35.5. The average Bonchev–Trinajstić information content (AvgIpc) is 2.63. The molecule has 0 aliphatic heterocycles. The summed E-state index contributed by atoms with van der Waals surface area (Å²) in [5, 5.41) is 27.5. The van der Waals surface area contributed by atoms with Crippen LogP contribution in [0, 0.1) is 13.8 Å². The molecule has 0 saturated carbocycles. The number of aliphatic hydroxyl groups excluding tert-OH is 2. The van der Waals surface area contributed by atoms with E-state index in [0.29, 0.717) is 6.54 Å². The van der Waals surface area contributed by atoms with E-state index in [1.54, 1.807) is 0 Å². The Morgan fingerprint density at radius 3 is 2.08 bits per heavy atom. The van der Waals surface area contributed by atoms with Crippen molar-refractivity contribution in [3.05, 3.63) is 58.1 Å². The van der Waals surface area contributed by atoms with Gasteiger partial charge in [-0.25, -0.2) is 0 Å². The lowest BCUT2D eigenvalue weighted by atomic mass is 9.93. The SMILES string of the molecule is Cc1cc2c(Cl)c3ccccc3c(CNC(C)(CO)CO)c2cc1C. The number of aryl methyl sites for hydroxylation is 2. The summed E-state index contributed by atoms with van der Waals surface area (Å²) in [5.41, 5.74) is 2.82. The van der Waals surface area contributed by atoms with Gasteiger partial charge in [-0.3, -0.25) is 0 Å². The Kier molecular flexibility index (Phi) is 5.03. The van der Waals surface area contributed by atoms with E-state index >= 15 is 0 Å². The number of hydrogen-bond donors (Lipinski definition) is 3. The first-order chi connectivity index (χ1) is 11.9. The molecule has 0 spiro atoms. The molecule has 3 nitrogen and oxygen atoms in total. The minimum absolute atomic E-state index is 0.134. The Labute approximate surface area is 153 Å². The predicted molar refractivity (Wildman–Crippen MR) is 105 cm³/mol. The number of aliphatic hydroxyl groups is 2. The van der Waals surface area contributed by atoms with E-state index in [1.165, 1.54) is 11.1 Å². The lowest BCUT2D eigenvalue weighted by molar-refractivity contribution is 0.103. The van der Waals surface area contributed by atoms with Crippen LogP contribution >= 0.6 is 11.6 Å². The van der Waals surface area contributed by atoms with Gasteiger partial charge in [0.1, 0.15) is 0 Å². The number of halogens is 1. The maximum absolute atomic E-state index is 9.57. The fraction of sp³-hybridized carbons (Fsp3) is 0.333. The number of rotatable bonds is 5. The molecule has 0 aliphatic rings. The summed E-state index contributed by atoms with van der Waals surface area (Å²) in [6.07, 6.45) is 0. The third kappa shape index (κ3) is 3.25. The van der Waals surface area contributed by atoms with Gasteiger partial charge >= 0.3 is 0 Å². The molecule has 25 heavy (non-hydrogen) atoms. The van der Waals surface area contributed by atoms with Crippen molar-refractivity contribution in [3.63, 3.8) is 0 Å². The van der Waals surface area contributed by atoms with E-state index < -0.39 is 5.54 Å². The van der Waals surface area contributed by atoms with Crippen LogP contribution in [0.3, 0.4) is 0 Å². The third-order valence-corrected chi connectivity index (χ3v) is 5.48. The van der Waals surface area contributed by atoms with Crippen LogP contribution < -0.4 is 5.32 Å². The van der Waals surface area contributed by atoms with Crippen LogP contribution in [-0.2, 0) is 6.54 Å². The van der Waals surface area contributed by atoms with Crippen LogP contribution in [0.15, 0.2) is 36.4 Å². The Balaban J connectivity index is 2.26. The van der Waals surface area contributed by atoms with Crippen LogP contribution in [0.2, 0.25) is 5.02 Å². The van der Waals surface area contributed by atoms with Gasteiger partial charge in [-0.15, -0.1) is 0 Å². The van der Waals surface area contributed by atoms with Crippen molar-refractivity contribution in [2.45, 2.75) is 32.9 Å². The number of fused-ring (bicyclic) bond motifs is 2. The van der Waals surface area contributed by atoms with E-state index in [4.69, 9.17) is 11.6 Å². The molecule has 0 heterocycles. The van der Waals surface area contributed by atoms with Crippen LogP contribution in [0.1, 0.15) is 23.6 Å². The molecule has 0 aromatic heterocycles. The fourth-order valence-corrected chi connectivity index (χ4v) is 3.45. The third-order valence-electron chi connectivity index (χ3n) is 5.07. The smallest absolute Gasteiger partial charge is 0.0633 e. The number of benzene rings is 3. The minimum Gasteiger partial charge on any atom is -0.394 e. The fourth-order valence-electron chi connectivity index (χ4n) is 3.13. The average molecular weight is 358 g/mol. The second-order valence-electron chi connectivity index (χ2n) is 7.05. The van der Waals surface area contributed by atoms with Gasteiger partial charge in [0.2, 0.25) is 0 Å². The van der Waals surface area contributed by atoms with Crippen molar-refractivity contribution in [1.82, 2.24) is 5.32 Å². The maximum atomic E-state index is 9.57. The molecule has 0 radical (unpaired) electrons. The molecular formula is C21H24ClNO2. The first-order valence-electron chi connectivity index (χ1n) is 8.47. The van der Waals surface area contributed by atoms with Crippen molar-refractivity contribution in [2.75, 3.05) is 13.2 Å². The number of nitrogens with one attached hydrogen (secondary N) is 1. The summed E-state index contributed by atoms with van der Waals surface area (Å²) in [6.45, 7) is 6.26. The molecule has 0 fully saturated rings. The summed E-state index contributed by atoms with van der Waals surface area (Å²) in [5.74, 6) is 0. The molecule has 0 bridgehead atoms. The van der Waals surface area contributed by atoms with Crippen LogP contribution in [0.5, 0.6) is 0 Å². The standard InChI is InChI=1S/C21H24ClNO2/c1-13-8-17-18(9-14(13)2)20(22)16-7-5-4-6-15(16)19(17)10-23-21(3,11-24)12-25/h4-9,23-25H,10-12H2,1-3H3. The summed E-state index contributed by atoms with van der Waals surface area (Å²) in [6, 6.07) is 12.4. The van der Waals surface area contributed by atoms with Crippen molar-refractivity contribution in [1.29, 1.82) is 0 Å². The van der Waals surface area contributed by atoms with Crippen molar-refractivity contribution < 1.29 is 10.2 Å². The summed E-state index contributed by atoms with van der Waals surface area (Å²) >= 11 is 6.71. The highest BCUT2D eigenvalue weighted by Crippen LogP contribution is 2.37. The topological polar surface area (TPSA) is 52.5 Å². The Morgan fingerprint density at radius 2 is 1.48 bits per heavy atom. The van der Waals surface area contributed by atoms with E-state index in [2.05, 4.69) is 37.4 Å².